The summed E-state index contributed by atoms with van der Waals surface area (Å²) in [5.41, 5.74) is -1.65. The Bertz CT molecular complexity index is 639. The van der Waals surface area contributed by atoms with Crippen LogP contribution >= 0.6 is 7.37 Å². The van der Waals surface area contributed by atoms with Crippen LogP contribution in [0.25, 0.3) is 0 Å². The summed E-state index contributed by atoms with van der Waals surface area (Å²) in [6.07, 6.45) is 7.86. The summed E-state index contributed by atoms with van der Waals surface area (Å²) in [4.78, 5) is 12.6. The molecular weight excluding hydrogens is 379 g/mol. The monoisotopic (exact) mass is 416 g/mol. The second-order valence-electron chi connectivity index (χ2n) is 8.19. The molecular formula is C20H37N2O5P. The lowest BCUT2D eigenvalue weighted by atomic mass is 10.1. The number of ether oxygens (including phenoxy) is 1. The summed E-state index contributed by atoms with van der Waals surface area (Å²) < 4.78 is 29.5. The van der Waals surface area contributed by atoms with Gasteiger partial charge in [-0.05, 0) is 34.1 Å². The molecule has 28 heavy (non-hydrogen) atoms. The van der Waals surface area contributed by atoms with E-state index in [4.69, 9.17) is 13.7 Å². The number of esters is 1. The van der Waals surface area contributed by atoms with Gasteiger partial charge in [0.25, 0.3) is 0 Å². The quantitative estimate of drug-likeness (QED) is 0.249. The van der Waals surface area contributed by atoms with Gasteiger partial charge in [0.15, 0.2) is 0 Å². The maximum Gasteiger partial charge on any atom is 0.319 e. The van der Waals surface area contributed by atoms with Gasteiger partial charge in [0, 0.05) is 19.5 Å². The average molecular weight is 416 g/mol. The predicted octanol–water partition coefficient (Wildman–Crippen LogP) is 5.17. The number of carbonyl (C=O) groups excluding carboxylic acids is 1. The van der Waals surface area contributed by atoms with Crippen molar-refractivity contribution in [3.05, 3.63) is 11.8 Å². The second-order valence-corrected chi connectivity index (χ2v) is 10.9. The molecule has 0 N–H and O–H groups in total. The lowest BCUT2D eigenvalue weighted by molar-refractivity contribution is -0.154. The molecule has 0 spiro atoms. The first-order chi connectivity index (χ1) is 13.1. The summed E-state index contributed by atoms with van der Waals surface area (Å²) in [7, 11) is -3.24. The molecule has 2 unspecified atom stereocenters. The van der Waals surface area contributed by atoms with Crippen LogP contribution in [-0.4, -0.2) is 40.7 Å². The first-order valence-electron chi connectivity index (χ1n) is 10.3. The van der Waals surface area contributed by atoms with E-state index in [1.54, 1.807) is 27.7 Å². The Morgan fingerprint density at radius 1 is 1.07 bits per heavy atom. The van der Waals surface area contributed by atoms with E-state index in [0.29, 0.717) is 18.2 Å². The third-order valence-corrected chi connectivity index (χ3v) is 6.55. The summed E-state index contributed by atoms with van der Waals surface area (Å²) in [6, 6.07) is 0. The number of carbonyl (C=O) groups is 1. The lowest BCUT2D eigenvalue weighted by Gasteiger charge is -2.26. The largest absolute Gasteiger partial charge is 0.459 e. The average Bonchev–Trinajstić information content (AvgIpc) is 3.01. The van der Waals surface area contributed by atoms with Crippen molar-refractivity contribution >= 4 is 13.3 Å². The van der Waals surface area contributed by atoms with Crippen molar-refractivity contribution in [2.45, 2.75) is 97.2 Å². The molecule has 0 aliphatic heterocycles. The highest BCUT2D eigenvalue weighted by atomic mass is 31.2. The van der Waals surface area contributed by atoms with Gasteiger partial charge in [-0.1, -0.05) is 39.0 Å². The van der Waals surface area contributed by atoms with E-state index in [2.05, 4.69) is 17.1 Å². The summed E-state index contributed by atoms with van der Waals surface area (Å²) in [5.74, 6) is 0.275. The van der Waals surface area contributed by atoms with Crippen molar-refractivity contribution in [2.24, 2.45) is 0 Å². The molecule has 7 nitrogen and oxygen atoms in total. The zero-order valence-electron chi connectivity index (χ0n) is 18.3. The Hall–Kier alpha value is -1.20. The maximum absolute atomic E-state index is 12.9. The molecule has 0 amide bonds. The molecule has 0 aliphatic carbocycles. The Morgan fingerprint density at radius 2 is 1.68 bits per heavy atom. The van der Waals surface area contributed by atoms with Crippen LogP contribution in [-0.2, 0) is 31.5 Å². The van der Waals surface area contributed by atoms with Crippen LogP contribution in [0.2, 0.25) is 0 Å². The first-order valence-corrected chi connectivity index (χ1v) is 12.5. The predicted molar refractivity (Wildman–Crippen MR) is 110 cm³/mol. The van der Waals surface area contributed by atoms with Crippen molar-refractivity contribution in [1.29, 1.82) is 0 Å². The van der Waals surface area contributed by atoms with Gasteiger partial charge < -0.3 is 13.7 Å². The molecule has 0 bridgehead atoms. The summed E-state index contributed by atoms with van der Waals surface area (Å²) in [6.45, 7) is 11.0. The molecule has 8 heteroatoms. The number of unbranched alkanes of at least 4 members (excludes halogenated alkanes) is 5. The molecule has 0 radical (unpaired) electrons. The Morgan fingerprint density at radius 3 is 2.29 bits per heavy atom. The summed E-state index contributed by atoms with van der Waals surface area (Å²) in [5, 5.41) is 8.10. The second kappa shape index (κ2) is 11.7. The third-order valence-electron chi connectivity index (χ3n) is 4.25. The van der Waals surface area contributed by atoms with Crippen LogP contribution in [0.4, 0.5) is 0 Å². The molecule has 0 aromatic carbocycles. The fraction of sp³-hybridized carbons (Fsp3) is 0.850. The lowest BCUT2D eigenvalue weighted by Crippen LogP contribution is -2.33. The van der Waals surface area contributed by atoms with Crippen LogP contribution in [0.15, 0.2) is 4.42 Å². The number of aromatic nitrogens is 2. The summed E-state index contributed by atoms with van der Waals surface area (Å²) >= 11 is 0. The van der Waals surface area contributed by atoms with E-state index < -0.39 is 24.6 Å². The number of nitrogens with zero attached hydrogens (tertiary/aromatic N) is 2. The molecule has 0 saturated carbocycles. The standard InChI is InChI=1S/C20H37N2O5P/c1-7-9-10-11-12-13-14-17-21-22-18(26-17)15-16(28(6,24)25-8-2)19(23)27-20(3,4)5/h16H,7-15H2,1-6H3. The minimum atomic E-state index is -3.24. The van der Waals surface area contributed by atoms with Crippen LogP contribution in [0.1, 0.15) is 84.9 Å². The van der Waals surface area contributed by atoms with Crippen LogP contribution < -0.4 is 0 Å². The molecule has 2 atom stereocenters. The first kappa shape index (κ1) is 24.8. The van der Waals surface area contributed by atoms with E-state index in [0.717, 1.165) is 12.8 Å². The minimum Gasteiger partial charge on any atom is -0.459 e. The number of hydrogen-bond donors (Lipinski definition) is 0. The molecule has 1 heterocycles. The fourth-order valence-corrected chi connectivity index (χ4v) is 4.47. The van der Waals surface area contributed by atoms with E-state index in [9.17, 15) is 9.36 Å². The van der Waals surface area contributed by atoms with Crippen molar-refractivity contribution in [3.63, 3.8) is 0 Å². The SMILES string of the molecule is CCCCCCCCc1nnc(CC(C(=O)OC(C)(C)C)P(C)(=O)OCC)o1. The van der Waals surface area contributed by atoms with Gasteiger partial charge in [-0.3, -0.25) is 9.36 Å². The van der Waals surface area contributed by atoms with Gasteiger partial charge in [0.1, 0.15) is 11.3 Å². The van der Waals surface area contributed by atoms with Crippen LogP contribution in [0, 0.1) is 0 Å². The number of aryl methyl sites for hydroxylation is 1. The highest BCUT2D eigenvalue weighted by Crippen LogP contribution is 2.50. The van der Waals surface area contributed by atoms with Crippen LogP contribution in [0.3, 0.4) is 0 Å². The van der Waals surface area contributed by atoms with Gasteiger partial charge in [-0.2, -0.15) is 0 Å². The minimum absolute atomic E-state index is 0.0478. The van der Waals surface area contributed by atoms with E-state index in [1.165, 1.54) is 32.3 Å². The highest BCUT2D eigenvalue weighted by molar-refractivity contribution is 7.60. The van der Waals surface area contributed by atoms with Gasteiger partial charge in [0.05, 0.1) is 6.61 Å². The van der Waals surface area contributed by atoms with Gasteiger partial charge in [-0.15, -0.1) is 10.2 Å². The van der Waals surface area contributed by atoms with Gasteiger partial charge in [-0.25, -0.2) is 0 Å². The maximum atomic E-state index is 12.9. The molecule has 0 fully saturated rings. The van der Waals surface area contributed by atoms with Crippen molar-refractivity contribution in [2.75, 3.05) is 13.3 Å². The third kappa shape index (κ3) is 9.33. The normalized spacial score (nSPS) is 15.2. The molecule has 0 aliphatic rings. The Labute approximate surface area is 169 Å². The number of hydrogen-bond acceptors (Lipinski definition) is 7. The van der Waals surface area contributed by atoms with E-state index in [-0.39, 0.29) is 13.0 Å². The van der Waals surface area contributed by atoms with E-state index >= 15 is 0 Å². The fourth-order valence-electron chi connectivity index (χ4n) is 2.85. The van der Waals surface area contributed by atoms with Crippen LogP contribution in [0.5, 0.6) is 0 Å². The Balaban J connectivity index is 2.72. The van der Waals surface area contributed by atoms with Gasteiger partial charge in [0.2, 0.25) is 19.2 Å². The molecule has 1 rings (SSSR count). The molecule has 1 aromatic heterocycles. The van der Waals surface area contributed by atoms with Crippen molar-refractivity contribution in [1.82, 2.24) is 10.2 Å². The van der Waals surface area contributed by atoms with Gasteiger partial charge >= 0.3 is 5.97 Å². The molecule has 0 saturated heterocycles. The topological polar surface area (TPSA) is 91.5 Å². The Kier molecular flexibility index (Phi) is 10.4. The number of rotatable bonds is 13. The highest BCUT2D eigenvalue weighted by Gasteiger charge is 2.39. The van der Waals surface area contributed by atoms with Crippen molar-refractivity contribution in [3.8, 4) is 0 Å². The zero-order valence-corrected chi connectivity index (χ0v) is 19.2. The smallest absolute Gasteiger partial charge is 0.319 e. The van der Waals surface area contributed by atoms with Crippen molar-refractivity contribution < 1.29 is 23.0 Å². The zero-order chi connectivity index (χ0) is 21.2. The van der Waals surface area contributed by atoms with E-state index in [1.807, 2.05) is 0 Å². The molecule has 162 valence electrons. The molecule has 1 aromatic rings.